The first-order valence-electron chi connectivity index (χ1n) is 11.7. The summed E-state index contributed by atoms with van der Waals surface area (Å²) < 4.78 is 28.0. The molecule has 2 aromatic carbocycles. The van der Waals surface area contributed by atoms with Crippen LogP contribution < -0.4 is 14.4 Å². The summed E-state index contributed by atoms with van der Waals surface area (Å²) in [5.41, 5.74) is 2.96. The molecular weight excluding hydrogens is 509 g/mol. The molecule has 1 atom stereocenters. The first kappa shape index (κ1) is 25.2. The highest BCUT2D eigenvalue weighted by molar-refractivity contribution is 6.31. The van der Waals surface area contributed by atoms with Gasteiger partial charge in [-0.1, -0.05) is 29.8 Å². The SMILES string of the molecule is COc1ncc(-c2nc3c(n2C(C)C)C(c2ccc(C#N)cc2)N(c2cccc(Cl)c2F)C3=N)c(OC)n1. The van der Waals surface area contributed by atoms with Crippen LogP contribution >= 0.6 is 11.6 Å². The topological polar surface area (TPSA) is 113 Å². The number of fused-ring (bicyclic) bond motifs is 1. The third-order valence-corrected chi connectivity index (χ3v) is 6.63. The molecule has 0 spiro atoms. The Hall–Kier alpha value is -4.49. The quantitative estimate of drug-likeness (QED) is 0.347. The molecule has 5 rings (SSSR count). The number of anilines is 1. The Morgan fingerprint density at radius 1 is 1.11 bits per heavy atom. The van der Waals surface area contributed by atoms with Crippen molar-refractivity contribution in [2.45, 2.75) is 25.9 Å². The fraction of sp³-hybridized carbons (Fsp3) is 0.222. The van der Waals surface area contributed by atoms with E-state index in [-0.39, 0.29) is 34.5 Å². The first-order chi connectivity index (χ1) is 18.3. The summed E-state index contributed by atoms with van der Waals surface area (Å²) in [7, 11) is 2.96. The molecule has 0 fully saturated rings. The fourth-order valence-corrected chi connectivity index (χ4v) is 4.87. The normalized spacial score (nSPS) is 14.5. The second kappa shape index (κ2) is 9.76. The van der Waals surface area contributed by atoms with E-state index in [2.05, 4.69) is 16.0 Å². The van der Waals surface area contributed by atoms with Crippen molar-refractivity contribution < 1.29 is 13.9 Å². The van der Waals surface area contributed by atoms with Crippen LogP contribution in [0.25, 0.3) is 11.4 Å². The number of benzene rings is 2. The van der Waals surface area contributed by atoms with Gasteiger partial charge in [0.1, 0.15) is 17.6 Å². The van der Waals surface area contributed by atoms with Crippen molar-refractivity contribution >= 4 is 23.1 Å². The largest absolute Gasteiger partial charge is 0.480 e. The lowest BCUT2D eigenvalue weighted by Gasteiger charge is -2.30. The summed E-state index contributed by atoms with van der Waals surface area (Å²) in [6.45, 7) is 3.98. The van der Waals surface area contributed by atoms with Crippen molar-refractivity contribution in [3.63, 3.8) is 0 Å². The highest BCUT2D eigenvalue weighted by atomic mass is 35.5. The van der Waals surface area contributed by atoms with Gasteiger partial charge >= 0.3 is 6.01 Å². The number of halogens is 2. The molecule has 3 heterocycles. The molecule has 0 saturated heterocycles. The van der Waals surface area contributed by atoms with Crippen molar-refractivity contribution in [1.29, 1.82) is 10.7 Å². The van der Waals surface area contributed by atoms with Crippen LogP contribution in [0, 0.1) is 22.6 Å². The zero-order chi connectivity index (χ0) is 27.1. The second-order valence-electron chi connectivity index (χ2n) is 8.84. The van der Waals surface area contributed by atoms with Crippen LogP contribution in [0.15, 0.2) is 48.7 Å². The Morgan fingerprint density at radius 3 is 2.47 bits per heavy atom. The maximum absolute atomic E-state index is 15.4. The van der Waals surface area contributed by atoms with Crippen LogP contribution in [-0.2, 0) is 0 Å². The number of rotatable bonds is 6. The average Bonchev–Trinajstić information content (AvgIpc) is 3.45. The molecule has 192 valence electrons. The molecular formula is C27H23ClFN7O2. The van der Waals surface area contributed by atoms with Gasteiger partial charge in [-0.2, -0.15) is 10.2 Å². The van der Waals surface area contributed by atoms with E-state index >= 15 is 4.39 Å². The van der Waals surface area contributed by atoms with E-state index in [4.69, 9.17) is 31.5 Å². The van der Waals surface area contributed by atoms with Crippen molar-refractivity contribution in [2.24, 2.45) is 0 Å². The van der Waals surface area contributed by atoms with Gasteiger partial charge in [-0.05, 0) is 43.7 Å². The Bertz CT molecular complexity index is 1590. The van der Waals surface area contributed by atoms with Gasteiger partial charge in [-0.15, -0.1) is 0 Å². The summed E-state index contributed by atoms with van der Waals surface area (Å²) in [6.07, 6.45) is 1.57. The zero-order valence-electron chi connectivity index (χ0n) is 21.0. The van der Waals surface area contributed by atoms with E-state index in [0.29, 0.717) is 28.3 Å². The van der Waals surface area contributed by atoms with Crippen LogP contribution in [0.4, 0.5) is 10.1 Å². The highest BCUT2D eigenvalue weighted by Crippen LogP contribution is 2.46. The fourth-order valence-electron chi connectivity index (χ4n) is 4.70. The van der Waals surface area contributed by atoms with Crippen LogP contribution in [0.3, 0.4) is 0 Å². The molecule has 0 amide bonds. The molecule has 9 nitrogen and oxygen atoms in total. The maximum atomic E-state index is 15.4. The minimum atomic E-state index is -0.635. The van der Waals surface area contributed by atoms with Gasteiger partial charge in [0, 0.05) is 12.2 Å². The molecule has 11 heteroatoms. The highest BCUT2D eigenvalue weighted by Gasteiger charge is 2.44. The molecule has 1 aliphatic heterocycles. The van der Waals surface area contributed by atoms with Gasteiger partial charge < -0.3 is 18.9 Å². The van der Waals surface area contributed by atoms with E-state index in [1.165, 1.54) is 20.3 Å². The molecule has 1 aliphatic rings. The number of ether oxygens (including phenoxy) is 2. The number of hydrogen-bond donors (Lipinski definition) is 1. The molecule has 2 aromatic heterocycles. The van der Waals surface area contributed by atoms with Crippen LogP contribution in [0.5, 0.6) is 11.9 Å². The van der Waals surface area contributed by atoms with Crippen molar-refractivity contribution in [3.05, 3.63) is 82.0 Å². The lowest BCUT2D eigenvalue weighted by molar-refractivity contribution is 0.352. The average molecular weight is 532 g/mol. The molecule has 0 bridgehead atoms. The molecule has 4 aromatic rings. The Kier molecular flexibility index (Phi) is 6.46. The summed E-state index contributed by atoms with van der Waals surface area (Å²) >= 11 is 6.14. The Balaban J connectivity index is 1.79. The number of aromatic nitrogens is 4. The molecule has 0 saturated carbocycles. The monoisotopic (exact) mass is 531 g/mol. The van der Waals surface area contributed by atoms with Gasteiger partial charge in [-0.25, -0.2) is 14.4 Å². The maximum Gasteiger partial charge on any atom is 0.319 e. The summed E-state index contributed by atoms with van der Waals surface area (Å²) in [4.78, 5) is 15.0. The zero-order valence-corrected chi connectivity index (χ0v) is 21.8. The van der Waals surface area contributed by atoms with E-state index in [1.807, 2.05) is 18.4 Å². The standard InChI is InChI=1S/C27H23ClFN7O2/c1-14(2)35-23-21(33-25(35)17-13-32-27(38-4)34-26(17)37-3)24(31)36(19-7-5-6-18(28)20(19)29)22(23)16-10-8-15(12-30)9-11-16/h5-11,13-14,22,31H,1-4H3. The molecule has 38 heavy (non-hydrogen) atoms. The van der Waals surface area contributed by atoms with Gasteiger partial charge in [0.15, 0.2) is 11.7 Å². The van der Waals surface area contributed by atoms with Crippen LogP contribution in [0.2, 0.25) is 5.02 Å². The van der Waals surface area contributed by atoms with Crippen LogP contribution in [0.1, 0.15) is 48.4 Å². The van der Waals surface area contributed by atoms with Gasteiger partial charge in [0.2, 0.25) is 5.88 Å². The van der Waals surface area contributed by atoms with E-state index in [0.717, 1.165) is 5.56 Å². The van der Waals surface area contributed by atoms with Crippen molar-refractivity contribution in [3.8, 4) is 29.3 Å². The third-order valence-electron chi connectivity index (χ3n) is 6.34. The van der Waals surface area contributed by atoms with Gasteiger partial charge in [0.25, 0.3) is 0 Å². The second-order valence-corrected chi connectivity index (χ2v) is 9.25. The lowest BCUT2D eigenvalue weighted by Crippen LogP contribution is -2.31. The molecule has 0 radical (unpaired) electrons. The summed E-state index contributed by atoms with van der Waals surface area (Å²) in [5.74, 6) is 0.134. The van der Waals surface area contributed by atoms with Crippen molar-refractivity contribution in [1.82, 2.24) is 19.5 Å². The Labute approximate surface area is 223 Å². The van der Waals surface area contributed by atoms with Gasteiger partial charge in [0.05, 0.1) is 47.8 Å². The predicted octanol–water partition coefficient (Wildman–Crippen LogP) is 5.54. The third kappa shape index (κ3) is 3.92. The predicted molar refractivity (Wildman–Crippen MR) is 140 cm³/mol. The lowest BCUT2D eigenvalue weighted by atomic mass is 10.0. The number of methoxy groups -OCH3 is 2. The summed E-state index contributed by atoms with van der Waals surface area (Å²) in [6, 6.07) is 13.2. The van der Waals surface area contributed by atoms with Crippen LogP contribution in [-0.4, -0.2) is 39.6 Å². The summed E-state index contributed by atoms with van der Waals surface area (Å²) in [5, 5.41) is 18.4. The smallest absolute Gasteiger partial charge is 0.319 e. The van der Waals surface area contributed by atoms with Gasteiger partial charge in [-0.3, -0.25) is 5.41 Å². The number of nitrogens with zero attached hydrogens (tertiary/aromatic N) is 6. The number of imidazole rings is 1. The number of hydrogen-bond acceptors (Lipinski definition) is 7. The molecule has 0 aliphatic carbocycles. The first-order valence-corrected chi connectivity index (χ1v) is 12.1. The van der Waals surface area contributed by atoms with E-state index < -0.39 is 11.9 Å². The number of nitriles is 1. The molecule has 1 N–H and O–H groups in total. The minimum absolute atomic E-state index is 0.00423. The van der Waals surface area contributed by atoms with E-state index in [1.54, 1.807) is 47.5 Å². The Morgan fingerprint density at radius 2 is 1.84 bits per heavy atom. The molecule has 1 unspecified atom stereocenters. The van der Waals surface area contributed by atoms with E-state index in [9.17, 15) is 5.26 Å². The number of nitrogens with one attached hydrogen (secondary N) is 1. The minimum Gasteiger partial charge on any atom is -0.480 e. The number of amidine groups is 1. The van der Waals surface area contributed by atoms with Crippen molar-refractivity contribution in [2.75, 3.05) is 19.1 Å².